The van der Waals surface area contributed by atoms with Gasteiger partial charge in [0.25, 0.3) is 0 Å². The van der Waals surface area contributed by atoms with Crippen LogP contribution in [0.5, 0.6) is 5.88 Å². The van der Waals surface area contributed by atoms with Crippen molar-refractivity contribution in [1.82, 2.24) is 9.78 Å². The summed E-state index contributed by atoms with van der Waals surface area (Å²) in [5, 5.41) is 4.37. The van der Waals surface area contributed by atoms with Gasteiger partial charge in [-0.2, -0.15) is 5.10 Å². The summed E-state index contributed by atoms with van der Waals surface area (Å²) < 4.78 is 12.9. The number of hydrogen-bond donors (Lipinski definition) is 1. The molecular weight excluding hydrogens is 206 g/mol. The summed E-state index contributed by atoms with van der Waals surface area (Å²) in [6.45, 7) is 3.39. The summed E-state index contributed by atoms with van der Waals surface area (Å²) in [6.07, 6.45) is 1.05. The molecule has 0 aliphatic carbocycles. The average Bonchev–Trinajstić information content (AvgIpc) is 2.81. The lowest BCUT2D eigenvalue weighted by molar-refractivity contribution is 0.0894. The third-order valence-electron chi connectivity index (χ3n) is 3.21. The lowest BCUT2D eigenvalue weighted by atomic mass is 9.95. The zero-order valence-corrected chi connectivity index (χ0v) is 10.1. The second-order valence-electron chi connectivity index (χ2n) is 4.21. The van der Waals surface area contributed by atoms with Crippen LogP contribution < -0.4 is 10.5 Å². The van der Waals surface area contributed by atoms with Crippen molar-refractivity contribution < 1.29 is 9.47 Å². The highest BCUT2D eigenvalue weighted by Crippen LogP contribution is 2.39. The molecule has 0 amide bonds. The van der Waals surface area contributed by atoms with Crippen LogP contribution in [0.2, 0.25) is 0 Å². The molecule has 1 aliphatic heterocycles. The van der Waals surface area contributed by atoms with E-state index in [0.29, 0.717) is 12.5 Å². The third kappa shape index (κ3) is 1.70. The molecule has 0 saturated carbocycles. The summed E-state index contributed by atoms with van der Waals surface area (Å²) in [5.74, 6) is 1.15. The summed E-state index contributed by atoms with van der Waals surface area (Å²) in [6, 6.07) is 0. The molecule has 1 aromatic rings. The maximum atomic E-state index is 5.77. The van der Waals surface area contributed by atoms with E-state index in [0.717, 1.165) is 30.2 Å². The van der Waals surface area contributed by atoms with Crippen LogP contribution in [0, 0.1) is 12.8 Å². The fourth-order valence-electron chi connectivity index (χ4n) is 2.42. The molecule has 0 radical (unpaired) electrons. The molecule has 90 valence electrons. The number of nitrogens with zero attached hydrogens (tertiary/aromatic N) is 2. The zero-order chi connectivity index (χ0) is 11.7. The highest BCUT2D eigenvalue weighted by Gasteiger charge is 2.34. The molecule has 5 heteroatoms. The minimum absolute atomic E-state index is 0.0358. The molecule has 2 N–H and O–H groups in total. The second-order valence-corrected chi connectivity index (χ2v) is 4.21. The van der Waals surface area contributed by atoms with Gasteiger partial charge in [-0.25, -0.2) is 4.68 Å². The molecule has 2 atom stereocenters. The average molecular weight is 225 g/mol. The molecule has 1 aromatic heterocycles. The fraction of sp³-hybridized carbons (Fsp3) is 0.727. The first kappa shape index (κ1) is 11.4. The van der Waals surface area contributed by atoms with Gasteiger partial charge in [0.2, 0.25) is 5.88 Å². The van der Waals surface area contributed by atoms with E-state index in [2.05, 4.69) is 5.10 Å². The molecule has 1 aliphatic rings. The van der Waals surface area contributed by atoms with Crippen molar-refractivity contribution in [3.63, 3.8) is 0 Å². The van der Waals surface area contributed by atoms with Gasteiger partial charge in [-0.05, 0) is 19.9 Å². The second kappa shape index (κ2) is 4.43. The van der Waals surface area contributed by atoms with E-state index in [4.69, 9.17) is 15.2 Å². The van der Waals surface area contributed by atoms with E-state index < -0.39 is 0 Å². The molecule has 0 aromatic carbocycles. The number of aromatic nitrogens is 2. The Kier molecular flexibility index (Phi) is 3.16. The van der Waals surface area contributed by atoms with Crippen LogP contribution in [0.25, 0.3) is 0 Å². The van der Waals surface area contributed by atoms with Gasteiger partial charge in [0, 0.05) is 19.6 Å². The van der Waals surface area contributed by atoms with Crippen LogP contribution in [0.15, 0.2) is 0 Å². The van der Waals surface area contributed by atoms with Crippen molar-refractivity contribution in [2.24, 2.45) is 18.7 Å². The van der Waals surface area contributed by atoms with Gasteiger partial charge >= 0.3 is 0 Å². The van der Waals surface area contributed by atoms with E-state index in [1.54, 1.807) is 11.8 Å². The molecule has 16 heavy (non-hydrogen) atoms. The molecule has 0 bridgehead atoms. The Hall–Kier alpha value is -1.07. The summed E-state index contributed by atoms with van der Waals surface area (Å²) in [7, 11) is 3.54. The number of hydrogen-bond acceptors (Lipinski definition) is 4. The Morgan fingerprint density at radius 3 is 3.00 bits per heavy atom. The number of rotatable bonds is 3. The molecule has 2 heterocycles. The Bertz CT molecular complexity index is 376. The lowest BCUT2D eigenvalue weighted by Crippen LogP contribution is -2.18. The zero-order valence-electron chi connectivity index (χ0n) is 10.1. The number of ether oxygens (including phenoxy) is 2. The molecule has 2 unspecified atom stereocenters. The van der Waals surface area contributed by atoms with Crippen LogP contribution in [-0.2, 0) is 11.8 Å². The fourth-order valence-corrected chi connectivity index (χ4v) is 2.42. The Morgan fingerprint density at radius 1 is 1.62 bits per heavy atom. The van der Waals surface area contributed by atoms with Gasteiger partial charge in [0.1, 0.15) is 0 Å². The van der Waals surface area contributed by atoms with Gasteiger partial charge in [-0.3, -0.25) is 0 Å². The van der Waals surface area contributed by atoms with Crippen molar-refractivity contribution in [1.29, 1.82) is 0 Å². The predicted octanol–water partition coefficient (Wildman–Crippen LogP) is 0.773. The smallest absolute Gasteiger partial charge is 0.217 e. The van der Waals surface area contributed by atoms with E-state index in [9.17, 15) is 0 Å². The van der Waals surface area contributed by atoms with E-state index >= 15 is 0 Å². The summed E-state index contributed by atoms with van der Waals surface area (Å²) in [4.78, 5) is 0. The van der Waals surface area contributed by atoms with Crippen molar-refractivity contribution in [2.75, 3.05) is 20.3 Å². The van der Waals surface area contributed by atoms with E-state index in [1.165, 1.54) is 0 Å². The largest absolute Gasteiger partial charge is 0.481 e. The van der Waals surface area contributed by atoms with Gasteiger partial charge in [0.05, 0.1) is 24.5 Å². The van der Waals surface area contributed by atoms with E-state index in [-0.39, 0.29) is 6.10 Å². The van der Waals surface area contributed by atoms with Crippen LogP contribution in [0.4, 0.5) is 0 Å². The number of aryl methyl sites for hydroxylation is 2. The molecule has 2 rings (SSSR count). The predicted molar refractivity (Wildman–Crippen MR) is 60.4 cm³/mol. The maximum absolute atomic E-state index is 5.77. The minimum Gasteiger partial charge on any atom is -0.481 e. The quantitative estimate of drug-likeness (QED) is 0.825. The van der Waals surface area contributed by atoms with Gasteiger partial charge in [0.15, 0.2) is 0 Å². The van der Waals surface area contributed by atoms with Gasteiger partial charge in [-0.1, -0.05) is 0 Å². The Labute approximate surface area is 95.5 Å². The van der Waals surface area contributed by atoms with Crippen molar-refractivity contribution in [3.05, 3.63) is 11.3 Å². The first-order valence-electron chi connectivity index (χ1n) is 5.58. The highest BCUT2D eigenvalue weighted by atomic mass is 16.5. The van der Waals surface area contributed by atoms with Crippen molar-refractivity contribution in [3.8, 4) is 5.88 Å². The molecular formula is C11H19N3O2. The first-order chi connectivity index (χ1) is 7.69. The van der Waals surface area contributed by atoms with Crippen molar-refractivity contribution >= 4 is 0 Å². The Morgan fingerprint density at radius 2 is 2.38 bits per heavy atom. The van der Waals surface area contributed by atoms with Crippen LogP contribution in [0.3, 0.4) is 0 Å². The monoisotopic (exact) mass is 225 g/mol. The summed E-state index contributed by atoms with van der Waals surface area (Å²) in [5.41, 5.74) is 7.78. The molecule has 1 saturated heterocycles. The SMILES string of the molecule is COc1c(C2OCCC2CN)c(C)nn1C. The highest BCUT2D eigenvalue weighted by molar-refractivity contribution is 5.34. The molecule has 0 spiro atoms. The van der Waals surface area contributed by atoms with Crippen LogP contribution >= 0.6 is 0 Å². The molecule has 5 nitrogen and oxygen atoms in total. The first-order valence-corrected chi connectivity index (χ1v) is 5.58. The molecule has 1 fully saturated rings. The number of methoxy groups -OCH3 is 1. The third-order valence-corrected chi connectivity index (χ3v) is 3.21. The van der Waals surface area contributed by atoms with Crippen LogP contribution in [-0.4, -0.2) is 30.0 Å². The maximum Gasteiger partial charge on any atom is 0.217 e. The van der Waals surface area contributed by atoms with Gasteiger partial charge < -0.3 is 15.2 Å². The van der Waals surface area contributed by atoms with E-state index in [1.807, 2.05) is 14.0 Å². The van der Waals surface area contributed by atoms with Crippen LogP contribution in [0.1, 0.15) is 23.8 Å². The normalized spacial score (nSPS) is 25.0. The van der Waals surface area contributed by atoms with Crippen molar-refractivity contribution in [2.45, 2.75) is 19.4 Å². The Balaban J connectivity index is 2.38. The summed E-state index contributed by atoms with van der Waals surface area (Å²) >= 11 is 0. The lowest BCUT2D eigenvalue weighted by Gasteiger charge is -2.17. The number of nitrogens with two attached hydrogens (primary N) is 1. The standard InChI is InChI=1S/C11H19N3O2/c1-7-9(11(15-3)14(2)13-7)10-8(6-12)4-5-16-10/h8,10H,4-6,12H2,1-3H3. The van der Waals surface area contributed by atoms with Gasteiger partial charge in [-0.15, -0.1) is 0 Å². The topological polar surface area (TPSA) is 62.3 Å². The minimum atomic E-state index is 0.0358.